The van der Waals surface area contributed by atoms with Crippen molar-refractivity contribution in [2.45, 2.75) is 77.2 Å². The van der Waals surface area contributed by atoms with Crippen molar-refractivity contribution in [2.75, 3.05) is 31.7 Å². The number of methoxy groups -OCH3 is 1. The second-order valence-electron chi connectivity index (χ2n) is 10.6. The van der Waals surface area contributed by atoms with Crippen LogP contribution in [0.25, 0.3) is 11.0 Å². The first kappa shape index (κ1) is 26.7. The van der Waals surface area contributed by atoms with Crippen LogP contribution in [0.5, 0.6) is 5.75 Å². The number of hydrogen-bond acceptors (Lipinski definition) is 6. The zero-order valence-electron chi connectivity index (χ0n) is 23.2. The van der Waals surface area contributed by atoms with E-state index in [0.29, 0.717) is 5.75 Å². The fourth-order valence-corrected chi connectivity index (χ4v) is 6.17. The largest absolute Gasteiger partial charge is 0.496 e. The summed E-state index contributed by atoms with van der Waals surface area (Å²) < 4.78 is 29.0. The fourth-order valence-electron chi connectivity index (χ4n) is 6.17. The Kier molecular flexibility index (Phi) is 7.77. The Labute approximate surface area is 223 Å². The lowest BCUT2D eigenvalue weighted by atomic mass is 9.96. The average Bonchev–Trinajstić information content (AvgIpc) is 3.40. The Morgan fingerprint density at radius 3 is 2.63 bits per heavy atom. The molecule has 2 saturated heterocycles. The third-order valence-corrected chi connectivity index (χ3v) is 8.49. The summed E-state index contributed by atoms with van der Waals surface area (Å²) in [6, 6.07) is 7.04. The molecule has 0 amide bonds. The highest BCUT2D eigenvalue weighted by atomic mass is 19.1. The number of rotatable bonds is 7. The number of aromatic nitrogens is 3. The SMILES string of the molecule is CC[C@H]1CN(C(C)c2ccc(F)cc2OC)[C@H](CC)CN1c1cc(=O)n(C)c2cn(C3CCCCO3)nc12. The maximum atomic E-state index is 13.9. The van der Waals surface area contributed by atoms with Crippen molar-refractivity contribution >= 4 is 16.7 Å². The monoisotopic (exact) mass is 525 g/mol. The van der Waals surface area contributed by atoms with E-state index in [1.807, 2.05) is 24.0 Å². The third-order valence-electron chi connectivity index (χ3n) is 8.49. The van der Waals surface area contributed by atoms with Crippen LogP contribution >= 0.6 is 0 Å². The summed E-state index contributed by atoms with van der Waals surface area (Å²) in [6.07, 6.45) is 6.85. The molecule has 4 heterocycles. The van der Waals surface area contributed by atoms with Gasteiger partial charge in [0.05, 0.1) is 24.5 Å². The van der Waals surface area contributed by atoms with Crippen molar-refractivity contribution in [1.29, 1.82) is 0 Å². The van der Waals surface area contributed by atoms with Gasteiger partial charge in [-0.1, -0.05) is 19.9 Å². The van der Waals surface area contributed by atoms with Crippen molar-refractivity contribution in [3.8, 4) is 5.75 Å². The van der Waals surface area contributed by atoms with Gasteiger partial charge in [-0.2, -0.15) is 5.10 Å². The van der Waals surface area contributed by atoms with Gasteiger partial charge in [0, 0.05) is 62.6 Å². The molecule has 9 heteroatoms. The van der Waals surface area contributed by atoms with Crippen LogP contribution in [0.15, 0.2) is 35.3 Å². The molecule has 0 radical (unpaired) electrons. The number of anilines is 1. The van der Waals surface area contributed by atoms with Crippen molar-refractivity contribution in [3.05, 3.63) is 52.2 Å². The van der Waals surface area contributed by atoms with Gasteiger partial charge in [0.15, 0.2) is 0 Å². The van der Waals surface area contributed by atoms with E-state index in [4.69, 9.17) is 14.6 Å². The first-order valence-corrected chi connectivity index (χ1v) is 13.9. The predicted octanol–water partition coefficient (Wildman–Crippen LogP) is 5.02. The minimum atomic E-state index is -0.297. The molecule has 2 aliphatic rings. The molecular formula is C29H40FN5O3. The maximum absolute atomic E-state index is 13.9. The van der Waals surface area contributed by atoms with Crippen LogP contribution < -0.4 is 15.2 Å². The number of benzene rings is 1. The van der Waals surface area contributed by atoms with Gasteiger partial charge < -0.3 is 18.9 Å². The fraction of sp³-hybridized carbons (Fsp3) is 0.586. The van der Waals surface area contributed by atoms with Gasteiger partial charge >= 0.3 is 0 Å². The van der Waals surface area contributed by atoms with Crippen LogP contribution in [0.3, 0.4) is 0 Å². The van der Waals surface area contributed by atoms with E-state index < -0.39 is 0 Å². The summed E-state index contributed by atoms with van der Waals surface area (Å²) in [5, 5.41) is 4.99. The first-order valence-electron chi connectivity index (χ1n) is 13.9. The number of fused-ring (bicyclic) bond motifs is 1. The van der Waals surface area contributed by atoms with E-state index in [0.717, 1.165) is 74.1 Å². The molecule has 0 N–H and O–H groups in total. The molecule has 5 rings (SSSR count). The summed E-state index contributed by atoms with van der Waals surface area (Å²) in [5.41, 5.74) is 3.52. The number of hydrogen-bond donors (Lipinski definition) is 0. The predicted molar refractivity (Wildman–Crippen MR) is 147 cm³/mol. The molecule has 0 bridgehead atoms. The highest BCUT2D eigenvalue weighted by Crippen LogP contribution is 2.37. The van der Waals surface area contributed by atoms with E-state index >= 15 is 0 Å². The number of pyridine rings is 1. The van der Waals surface area contributed by atoms with E-state index in [2.05, 4.69) is 30.6 Å². The molecule has 0 spiro atoms. The number of piperazine rings is 1. The van der Waals surface area contributed by atoms with Crippen molar-refractivity contribution in [3.63, 3.8) is 0 Å². The smallest absolute Gasteiger partial charge is 0.252 e. The molecule has 2 aromatic heterocycles. The van der Waals surface area contributed by atoms with Gasteiger partial charge in [0.2, 0.25) is 0 Å². The summed E-state index contributed by atoms with van der Waals surface area (Å²) in [6.45, 7) is 8.89. The Morgan fingerprint density at radius 1 is 1.16 bits per heavy atom. The maximum Gasteiger partial charge on any atom is 0.252 e. The van der Waals surface area contributed by atoms with Crippen LogP contribution in [0.2, 0.25) is 0 Å². The van der Waals surface area contributed by atoms with E-state index in [1.165, 1.54) is 12.1 Å². The first-order chi connectivity index (χ1) is 18.4. The zero-order valence-corrected chi connectivity index (χ0v) is 23.2. The number of ether oxygens (including phenoxy) is 2. The Balaban J connectivity index is 1.51. The van der Waals surface area contributed by atoms with Gasteiger partial charge in [-0.3, -0.25) is 9.69 Å². The normalized spacial score (nSPS) is 23.6. The number of halogens is 1. The molecule has 4 atom stereocenters. The van der Waals surface area contributed by atoms with Crippen LogP contribution in [-0.2, 0) is 11.8 Å². The minimum Gasteiger partial charge on any atom is -0.496 e. The third kappa shape index (κ3) is 4.82. The van der Waals surface area contributed by atoms with Crippen molar-refractivity contribution < 1.29 is 13.9 Å². The summed E-state index contributed by atoms with van der Waals surface area (Å²) >= 11 is 0. The van der Waals surface area contributed by atoms with E-state index in [-0.39, 0.29) is 35.7 Å². The Hall–Kier alpha value is -2.91. The van der Waals surface area contributed by atoms with Crippen molar-refractivity contribution in [2.24, 2.45) is 7.05 Å². The molecular weight excluding hydrogens is 485 g/mol. The molecule has 38 heavy (non-hydrogen) atoms. The Morgan fingerprint density at radius 2 is 1.95 bits per heavy atom. The van der Waals surface area contributed by atoms with Crippen LogP contribution in [0.1, 0.15) is 70.7 Å². The van der Waals surface area contributed by atoms with E-state index in [9.17, 15) is 9.18 Å². The molecule has 1 aromatic carbocycles. The van der Waals surface area contributed by atoms with Crippen LogP contribution in [-0.4, -0.2) is 58.1 Å². The minimum absolute atomic E-state index is 0.0358. The van der Waals surface area contributed by atoms with E-state index in [1.54, 1.807) is 17.7 Å². The average molecular weight is 526 g/mol. The van der Waals surface area contributed by atoms with Crippen molar-refractivity contribution in [1.82, 2.24) is 19.2 Å². The molecule has 3 aromatic rings. The summed E-state index contributed by atoms with van der Waals surface area (Å²) in [7, 11) is 3.40. The van der Waals surface area contributed by atoms with Gasteiger partial charge in [0.25, 0.3) is 5.56 Å². The quantitative estimate of drug-likeness (QED) is 0.432. The second-order valence-corrected chi connectivity index (χ2v) is 10.6. The topological polar surface area (TPSA) is 64.8 Å². The molecule has 0 saturated carbocycles. The molecule has 2 aliphatic heterocycles. The molecule has 206 valence electrons. The van der Waals surface area contributed by atoms with Gasteiger partial charge in [0.1, 0.15) is 23.3 Å². The summed E-state index contributed by atoms with van der Waals surface area (Å²) in [4.78, 5) is 18.0. The number of nitrogens with zero attached hydrogens (tertiary/aromatic N) is 5. The lowest BCUT2D eigenvalue weighted by molar-refractivity contribution is -0.0390. The van der Waals surface area contributed by atoms with Gasteiger partial charge in [-0.05, 0) is 45.1 Å². The lowest BCUT2D eigenvalue weighted by Gasteiger charge is -2.49. The molecule has 0 aliphatic carbocycles. The zero-order chi connectivity index (χ0) is 27.0. The highest BCUT2D eigenvalue weighted by molar-refractivity contribution is 5.88. The van der Waals surface area contributed by atoms with Gasteiger partial charge in [-0.15, -0.1) is 0 Å². The Bertz CT molecular complexity index is 1330. The molecule has 8 nitrogen and oxygen atoms in total. The lowest BCUT2D eigenvalue weighted by Crippen LogP contribution is -2.58. The second kappa shape index (κ2) is 11.1. The molecule has 2 fully saturated rings. The van der Waals surface area contributed by atoms with Crippen LogP contribution in [0, 0.1) is 5.82 Å². The van der Waals surface area contributed by atoms with Gasteiger partial charge in [-0.25, -0.2) is 9.07 Å². The summed E-state index contributed by atoms with van der Waals surface area (Å²) in [5.74, 6) is 0.278. The number of aryl methyl sites for hydroxylation is 1. The molecule has 2 unspecified atom stereocenters. The van der Waals surface area contributed by atoms with Crippen LogP contribution in [0.4, 0.5) is 10.1 Å². The highest BCUT2D eigenvalue weighted by Gasteiger charge is 2.37. The standard InChI is InChI=1S/C29H40FN5O3/c1-6-21-17-34(22(7-2)16-33(21)19(3)23-12-11-20(30)14-26(23)37-5)24-15-27(36)32(4)25-18-35(31-29(24)25)28-10-8-9-13-38-28/h11-12,14-15,18-19,21-22,28H,6-10,13,16-17H2,1-5H3/t19?,21-,22+,28?/m1/s1.